The van der Waals surface area contributed by atoms with Crippen molar-refractivity contribution in [3.05, 3.63) is 35.4 Å². The maximum atomic E-state index is 3.68. The lowest BCUT2D eigenvalue weighted by molar-refractivity contribution is 0.423. The summed E-state index contributed by atoms with van der Waals surface area (Å²) in [5, 5.41) is 3.68. The number of nitrogens with one attached hydrogen (secondary N) is 1. The minimum absolute atomic E-state index is 0.517. The maximum absolute atomic E-state index is 3.68. The molecular formula is C18H29N. The molecular weight excluding hydrogens is 230 g/mol. The topological polar surface area (TPSA) is 12.0 Å². The first-order valence-corrected chi connectivity index (χ1v) is 7.76. The van der Waals surface area contributed by atoms with Gasteiger partial charge in [-0.15, -0.1) is 0 Å². The van der Waals surface area contributed by atoms with E-state index in [1.165, 1.54) is 24.0 Å². The minimum atomic E-state index is 0.517. The van der Waals surface area contributed by atoms with Crippen LogP contribution in [-0.2, 0) is 6.42 Å². The average molecular weight is 259 g/mol. The Balaban J connectivity index is 2.10. The summed E-state index contributed by atoms with van der Waals surface area (Å²) in [7, 11) is 0. The van der Waals surface area contributed by atoms with E-state index in [2.05, 4.69) is 64.2 Å². The van der Waals surface area contributed by atoms with Crippen LogP contribution in [0.5, 0.6) is 0 Å². The largest absolute Gasteiger partial charge is 0.310 e. The van der Waals surface area contributed by atoms with E-state index < -0.39 is 0 Å². The van der Waals surface area contributed by atoms with Gasteiger partial charge < -0.3 is 5.32 Å². The summed E-state index contributed by atoms with van der Waals surface area (Å²) >= 11 is 0. The molecule has 0 aromatic heterocycles. The van der Waals surface area contributed by atoms with Crippen LogP contribution in [-0.4, -0.2) is 6.54 Å². The molecule has 1 aliphatic carbocycles. The Bertz CT molecular complexity index is 402. The van der Waals surface area contributed by atoms with Crippen LogP contribution in [0, 0.1) is 17.3 Å². The first kappa shape index (κ1) is 14.6. The van der Waals surface area contributed by atoms with Crippen LogP contribution in [0.3, 0.4) is 0 Å². The zero-order valence-corrected chi connectivity index (χ0v) is 13.2. The third-order valence-electron chi connectivity index (χ3n) is 4.40. The van der Waals surface area contributed by atoms with Crippen LogP contribution in [0.2, 0.25) is 0 Å². The minimum Gasteiger partial charge on any atom is -0.310 e. The highest BCUT2D eigenvalue weighted by molar-refractivity contribution is 5.27. The van der Waals surface area contributed by atoms with Gasteiger partial charge in [0, 0.05) is 6.04 Å². The second-order valence-electron chi connectivity index (χ2n) is 7.17. The van der Waals surface area contributed by atoms with Crippen LogP contribution < -0.4 is 5.32 Å². The quantitative estimate of drug-likeness (QED) is 0.788. The zero-order chi connectivity index (χ0) is 14.0. The summed E-state index contributed by atoms with van der Waals surface area (Å²) in [6.45, 7) is 12.6. The lowest BCUT2D eigenvalue weighted by Crippen LogP contribution is -2.24. The summed E-state index contributed by atoms with van der Waals surface area (Å²) < 4.78 is 0. The summed E-state index contributed by atoms with van der Waals surface area (Å²) in [6, 6.07) is 9.83. The van der Waals surface area contributed by atoms with E-state index in [1.807, 2.05) is 0 Å². The third kappa shape index (κ3) is 3.60. The molecule has 2 atom stereocenters. The Morgan fingerprint density at radius 2 is 1.79 bits per heavy atom. The molecule has 0 amide bonds. The summed E-state index contributed by atoms with van der Waals surface area (Å²) in [4.78, 5) is 0. The van der Waals surface area contributed by atoms with Crippen LogP contribution in [0.15, 0.2) is 24.3 Å². The molecule has 0 saturated heterocycles. The molecule has 106 valence electrons. The Labute approximate surface area is 118 Å². The highest BCUT2D eigenvalue weighted by Crippen LogP contribution is 2.57. The molecule has 1 fully saturated rings. The Kier molecular flexibility index (Phi) is 4.35. The van der Waals surface area contributed by atoms with Gasteiger partial charge in [-0.3, -0.25) is 0 Å². The summed E-state index contributed by atoms with van der Waals surface area (Å²) in [5.74, 6) is 1.53. The highest BCUT2D eigenvalue weighted by Gasteiger charge is 2.50. The van der Waals surface area contributed by atoms with Gasteiger partial charge >= 0.3 is 0 Å². The van der Waals surface area contributed by atoms with Gasteiger partial charge in [0.05, 0.1) is 0 Å². The molecule has 1 aromatic rings. The molecule has 1 heteroatoms. The lowest BCUT2D eigenvalue weighted by atomic mass is 9.94. The van der Waals surface area contributed by atoms with Crippen molar-refractivity contribution in [2.75, 3.05) is 6.54 Å². The fourth-order valence-corrected chi connectivity index (χ4v) is 3.12. The van der Waals surface area contributed by atoms with Crippen LogP contribution in [0.4, 0.5) is 0 Å². The number of hydrogen-bond acceptors (Lipinski definition) is 1. The van der Waals surface area contributed by atoms with Crippen molar-refractivity contribution in [2.45, 2.75) is 53.5 Å². The van der Waals surface area contributed by atoms with Gasteiger partial charge in [0.25, 0.3) is 0 Å². The van der Waals surface area contributed by atoms with Gasteiger partial charge in [0.1, 0.15) is 0 Å². The van der Waals surface area contributed by atoms with Crippen LogP contribution in [0.1, 0.15) is 58.2 Å². The number of hydrogen-bond donors (Lipinski definition) is 1. The van der Waals surface area contributed by atoms with E-state index in [9.17, 15) is 0 Å². The standard InChI is InChI=1S/C18H29N/c1-6-19-17(16-12-18(16,4)5)15-9-7-14(8-10-15)11-13(2)3/h7-10,13,16-17,19H,6,11-12H2,1-5H3. The highest BCUT2D eigenvalue weighted by atomic mass is 14.9. The van der Waals surface area contributed by atoms with Gasteiger partial charge in [-0.05, 0) is 47.8 Å². The molecule has 1 aromatic carbocycles. The zero-order valence-electron chi connectivity index (χ0n) is 13.2. The van der Waals surface area contributed by atoms with Gasteiger partial charge in [-0.25, -0.2) is 0 Å². The van der Waals surface area contributed by atoms with Crippen molar-refractivity contribution in [1.82, 2.24) is 5.32 Å². The Morgan fingerprint density at radius 3 is 2.21 bits per heavy atom. The molecule has 1 nitrogen and oxygen atoms in total. The van der Waals surface area contributed by atoms with Crippen molar-refractivity contribution in [1.29, 1.82) is 0 Å². The van der Waals surface area contributed by atoms with Gasteiger partial charge in [-0.1, -0.05) is 58.9 Å². The normalized spacial score (nSPS) is 22.5. The first-order chi connectivity index (χ1) is 8.94. The molecule has 1 saturated carbocycles. The van der Waals surface area contributed by atoms with Crippen LogP contribution >= 0.6 is 0 Å². The van der Waals surface area contributed by atoms with Crippen molar-refractivity contribution in [2.24, 2.45) is 17.3 Å². The van der Waals surface area contributed by atoms with Crippen molar-refractivity contribution < 1.29 is 0 Å². The first-order valence-electron chi connectivity index (χ1n) is 7.76. The average Bonchev–Trinajstić information content (AvgIpc) is 2.95. The lowest BCUT2D eigenvalue weighted by Gasteiger charge is -2.20. The van der Waals surface area contributed by atoms with Crippen LogP contribution in [0.25, 0.3) is 0 Å². The molecule has 0 aliphatic heterocycles. The Morgan fingerprint density at radius 1 is 1.21 bits per heavy atom. The van der Waals surface area contributed by atoms with E-state index in [4.69, 9.17) is 0 Å². The Hall–Kier alpha value is -0.820. The molecule has 1 aliphatic rings. The van der Waals surface area contributed by atoms with Gasteiger partial charge in [0.2, 0.25) is 0 Å². The number of benzene rings is 1. The summed E-state index contributed by atoms with van der Waals surface area (Å²) in [5.41, 5.74) is 3.44. The second-order valence-corrected chi connectivity index (χ2v) is 7.17. The van der Waals surface area contributed by atoms with E-state index in [-0.39, 0.29) is 0 Å². The van der Waals surface area contributed by atoms with Gasteiger partial charge in [0.15, 0.2) is 0 Å². The number of rotatable bonds is 6. The SMILES string of the molecule is CCNC(c1ccc(CC(C)C)cc1)C1CC1(C)C. The molecule has 1 N–H and O–H groups in total. The predicted molar refractivity (Wildman–Crippen MR) is 83.3 cm³/mol. The molecule has 0 spiro atoms. The molecule has 0 heterocycles. The van der Waals surface area contributed by atoms with Crippen molar-refractivity contribution in [3.63, 3.8) is 0 Å². The molecule has 0 bridgehead atoms. The summed E-state index contributed by atoms with van der Waals surface area (Å²) in [6.07, 6.45) is 2.53. The molecule has 2 unspecified atom stereocenters. The molecule has 0 radical (unpaired) electrons. The fraction of sp³-hybridized carbons (Fsp3) is 0.667. The van der Waals surface area contributed by atoms with Crippen molar-refractivity contribution in [3.8, 4) is 0 Å². The van der Waals surface area contributed by atoms with Crippen molar-refractivity contribution >= 4 is 0 Å². The van der Waals surface area contributed by atoms with E-state index in [0.29, 0.717) is 11.5 Å². The molecule has 19 heavy (non-hydrogen) atoms. The smallest absolute Gasteiger partial charge is 0.0353 e. The van der Waals surface area contributed by atoms with Gasteiger partial charge in [-0.2, -0.15) is 0 Å². The second kappa shape index (κ2) is 5.66. The van der Waals surface area contributed by atoms with E-state index in [0.717, 1.165) is 18.4 Å². The maximum Gasteiger partial charge on any atom is 0.0353 e. The predicted octanol–water partition coefficient (Wildman–Crippen LogP) is 4.58. The monoisotopic (exact) mass is 259 g/mol. The van der Waals surface area contributed by atoms with E-state index in [1.54, 1.807) is 0 Å². The third-order valence-corrected chi connectivity index (χ3v) is 4.40. The van der Waals surface area contributed by atoms with E-state index >= 15 is 0 Å². The molecule has 2 rings (SSSR count). The fourth-order valence-electron chi connectivity index (χ4n) is 3.12.